The Labute approximate surface area is 160 Å². The van der Waals surface area contributed by atoms with Gasteiger partial charge in [0.05, 0.1) is 6.61 Å². The van der Waals surface area contributed by atoms with E-state index in [1.54, 1.807) is 0 Å². The molecule has 6 nitrogen and oxygen atoms in total. The van der Waals surface area contributed by atoms with Crippen molar-refractivity contribution < 1.29 is 14.4 Å². The summed E-state index contributed by atoms with van der Waals surface area (Å²) < 4.78 is 5.98. The monoisotopic (exact) mass is 369 g/mol. The van der Waals surface area contributed by atoms with E-state index in [4.69, 9.17) is 10.6 Å². The number of pyridine rings is 1. The molecule has 1 aromatic heterocycles. The highest BCUT2D eigenvalue weighted by atomic mass is 16.7. The molecule has 0 spiro atoms. The summed E-state index contributed by atoms with van der Waals surface area (Å²) in [5.74, 6) is 5.95. The first-order valence-corrected chi connectivity index (χ1v) is 9.51. The fourth-order valence-corrected chi connectivity index (χ4v) is 3.37. The van der Waals surface area contributed by atoms with Crippen LogP contribution in [0.5, 0.6) is 5.75 Å². The van der Waals surface area contributed by atoms with Crippen LogP contribution < -0.4 is 15.5 Å². The summed E-state index contributed by atoms with van der Waals surface area (Å²) in [7, 11) is 0. The molecule has 2 N–H and O–H groups in total. The average molecular weight is 369 g/mol. The third-order valence-electron chi connectivity index (χ3n) is 5.03. The van der Waals surface area contributed by atoms with Gasteiger partial charge in [0, 0.05) is 37.6 Å². The van der Waals surface area contributed by atoms with Crippen molar-refractivity contribution in [2.45, 2.75) is 32.1 Å². The van der Waals surface area contributed by atoms with E-state index in [1.807, 2.05) is 24.5 Å². The molecule has 144 valence electrons. The molecule has 0 unspecified atom stereocenters. The van der Waals surface area contributed by atoms with Crippen LogP contribution in [0.1, 0.15) is 31.2 Å². The lowest BCUT2D eigenvalue weighted by Crippen LogP contribution is -2.35. The lowest BCUT2D eigenvalue weighted by Gasteiger charge is -2.33. The van der Waals surface area contributed by atoms with Crippen LogP contribution in [0.4, 0.5) is 5.69 Å². The van der Waals surface area contributed by atoms with Crippen LogP contribution in [0.25, 0.3) is 0 Å². The van der Waals surface area contributed by atoms with Crippen molar-refractivity contribution >= 4 is 11.7 Å². The zero-order valence-electron chi connectivity index (χ0n) is 15.5. The van der Waals surface area contributed by atoms with Crippen LogP contribution in [0, 0.1) is 5.92 Å². The first kappa shape index (κ1) is 19.2. The fourth-order valence-electron chi connectivity index (χ4n) is 3.37. The zero-order valence-corrected chi connectivity index (χ0v) is 15.5. The van der Waals surface area contributed by atoms with Gasteiger partial charge < -0.3 is 14.5 Å². The smallest absolute Gasteiger partial charge is 0.324 e. The van der Waals surface area contributed by atoms with Crippen molar-refractivity contribution in [3.8, 4) is 5.75 Å². The summed E-state index contributed by atoms with van der Waals surface area (Å²) in [5, 5.41) is 0. The molecule has 1 fully saturated rings. The quantitative estimate of drug-likeness (QED) is 0.721. The molecule has 0 amide bonds. The number of nitrogens with two attached hydrogens (primary N) is 1. The van der Waals surface area contributed by atoms with Crippen molar-refractivity contribution in [1.29, 1.82) is 0 Å². The third-order valence-corrected chi connectivity index (χ3v) is 5.03. The maximum absolute atomic E-state index is 11.0. The molecule has 3 rings (SSSR count). The molecular formula is C21H27N3O3. The van der Waals surface area contributed by atoms with E-state index in [2.05, 4.69) is 39.0 Å². The van der Waals surface area contributed by atoms with Gasteiger partial charge in [-0.15, -0.1) is 0 Å². The minimum absolute atomic E-state index is 0.340. The molecule has 1 saturated heterocycles. The topological polar surface area (TPSA) is 77.7 Å². The Morgan fingerprint density at radius 3 is 2.48 bits per heavy atom. The van der Waals surface area contributed by atoms with Crippen molar-refractivity contribution in [1.82, 2.24) is 4.98 Å². The van der Waals surface area contributed by atoms with Crippen molar-refractivity contribution in [3.63, 3.8) is 0 Å². The molecule has 0 atom stereocenters. The number of hydrogen-bond acceptors (Lipinski definition) is 6. The van der Waals surface area contributed by atoms with E-state index in [1.165, 1.54) is 11.3 Å². The van der Waals surface area contributed by atoms with Gasteiger partial charge in [-0.1, -0.05) is 12.1 Å². The maximum atomic E-state index is 11.0. The van der Waals surface area contributed by atoms with Gasteiger partial charge in [0.15, 0.2) is 0 Å². The number of carbonyl (C=O) groups excluding carboxylic acids is 1. The second-order valence-electron chi connectivity index (χ2n) is 6.93. The van der Waals surface area contributed by atoms with Gasteiger partial charge >= 0.3 is 5.97 Å². The Hall–Kier alpha value is -2.60. The molecule has 6 heteroatoms. The first-order valence-electron chi connectivity index (χ1n) is 9.51. The SMILES string of the molecule is NOC(=O)CCCc1ccc(OCC2CCN(c3ccncc3)CC2)cc1. The molecule has 0 bridgehead atoms. The Kier molecular flexibility index (Phi) is 7.04. The maximum Gasteiger partial charge on any atom is 0.324 e. The summed E-state index contributed by atoms with van der Waals surface area (Å²) >= 11 is 0. The van der Waals surface area contributed by atoms with Crippen LogP contribution in [-0.4, -0.2) is 30.6 Å². The van der Waals surface area contributed by atoms with Gasteiger partial charge in [0.2, 0.25) is 0 Å². The molecule has 27 heavy (non-hydrogen) atoms. The summed E-state index contributed by atoms with van der Waals surface area (Å²) in [6, 6.07) is 12.2. The standard InChI is InChI=1S/C21H27N3O3/c22-27-21(25)3-1-2-17-4-6-20(7-5-17)26-16-18-10-14-24(15-11-18)19-8-12-23-13-9-19/h4-9,12-13,18H,1-3,10-11,14-16,22H2. The Bertz CT molecular complexity index is 698. The van der Waals surface area contributed by atoms with Crippen molar-refractivity contribution in [3.05, 3.63) is 54.4 Å². The van der Waals surface area contributed by atoms with Gasteiger partial charge in [0.25, 0.3) is 0 Å². The van der Waals surface area contributed by atoms with Crippen molar-refractivity contribution in [2.24, 2.45) is 11.8 Å². The van der Waals surface area contributed by atoms with E-state index >= 15 is 0 Å². The molecule has 2 heterocycles. The number of aromatic nitrogens is 1. The number of nitrogens with zero attached hydrogens (tertiary/aromatic N) is 2. The van der Waals surface area contributed by atoms with Gasteiger partial charge in [0.1, 0.15) is 5.75 Å². The second kappa shape index (κ2) is 9.92. The molecule has 0 saturated carbocycles. The van der Waals surface area contributed by atoms with E-state index in [0.29, 0.717) is 12.3 Å². The summed E-state index contributed by atoms with van der Waals surface area (Å²) in [6.07, 6.45) is 7.85. The lowest BCUT2D eigenvalue weighted by molar-refractivity contribution is -0.144. The van der Waals surface area contributed by atoms with E-state index in [9.17, 15) is 4.79 Å². The molecule has 0 aliphatic carbocycles. The molecule has 1 aliphatic heterocycles. The van der Waals surface area contributed by atoms with Crippen LogP contribution in [0.15, 0.2) is 48.8 Å². The highest BCUT2D eigenvalue weighted by molar-refractivity contribution is 5.68. The van der Waals surface area contributed by atoms with Crippen molar-refractivity contribution in [2.75, 3.05) is 24.6 Å². The minimum atomic E-state index is -0.370. The fraction of sp³-hybridized carbons (Fsp3) is 0.429. The summed E-state index contributed by atoms with van der Waals surface area (Å²) in [5.41, 5.74) is 2.43. The number of benzene rings is 1. The second-order valence-corrected chi connectivity index (χ2v) is 6.93. The number of hydrogen-bond donors (Lipinski definition) is 1. The van der Waals surface area contributed by atoms with E-state index in [-0.39, 0.29) is 5.97 Å². The van der Waals surface area contributed by atoms with Gasteiger partial charge in [-0.25, -0.2) is 0 Å². The predicted molar refractivity (Wildman–Crippen MR) is 104 cm³/mol. The molecule has 1 aliphatic rings. The normalized spacial score (nSPS) is 14.8. The molecule has 2 aromatic rings. The lowest BCUT2D eigenvalue weighted by atomic mass is 9.97. The van der Waals surface area contributed by atoms with Gasteiger partial charge in [-0.3, -0.25) is 9.78 Å². The van der Waals surface area contributed by atoms with Gasteiger partial charge in [-0.2, -0.15) is 5.90 Å². The number of ether oxygens (including phenoxy) is 1. The third kappa shape index (κ3) is 5.96. The number of anilines is 1. The van der Waals surface area contributed by atoms with Crippen LogP contribution in [-0.2, 0) is 16.1 Å². The van der Waals surface area contributed by atoms with Crippen LogP contribution in [0.2, 0.25) is 0 Å². The first-order chi connectivity index (χ1) is 13.2. The highest BCUT2D eigenvalue weighted by Crippen LogP contribution is 2.24. The Morgan fingerprint density at radius 1 is 1.11 bits per heavy atom. The Balaban J connectivity index is 1.37. The Morgan fingerprint density at radius 2 is 1.81 bits per heavy atom. The highest BCUT2D eigenvalue weighted by Gasteiger charge is 2.20. The average Bonchev–Trinajstić information content (AvgIpc) is 2.74. The minimum Gasteiger partial charge on any atom is -0.493 e. The number of carbonyl (C=O) groups is 1. The molecule has 1 aromatic carbocycles. The van der Waals surface area contributed by atoms with Gasteiger partial charge in [-0.05, 0) is 61.4 Å². The predicted octanol–water partition coefficient (Wildman–Crippen LogP) is 3.12. The molecular weight excluding hydrogens is 342 g/mol. The van der Waals surface area contributed by atoms with Crippen LogP contribution in [0.3, 0.4) is 0 Å². The largest absolute Gasteiger partial charge is 0.493 e. The number of piperidine rings is 1. The number of aryl methyl sites for hydroxylation is 1. The van der Waals surface area contributed by atoms with Crippen LogP contribution >= 0.6 is 0 Å². The summed E-state index contributed by atoms with van der Waals surface area (Å²) in [6.45, 7) is 2.87. The number of rotatable bonds is 8. The van der Waals surface area contributed by atoms with E-state index < -0.39 is 0 Å². The molecule has 0 radical (unpaired) electrons. The zero-order chi connectivity index (χ0) is 18.9. The van der Waals surface area contributed by atoms with E-state index in [0.717, 1.165) is 51.1 Å². The summed E-state index contributed by atoms with van der Waals surface area (Å²) in [4.78, 5) is 21.7.